The van der Waals surface area contributed by atoms with Gasteiger partial charge in [-0.2, -0.15) is 0 Å². The molecule has 7 heteroatoms. The lowest BCUT2D eigenvalue weighted by atomic mass is 9.98. The molecule has 3 rings (SSSR count). The van der Waals surface area contributed by atoms with Gasteiger partial charge < -0.3 is 15.2 Å². The molecule has 2 N–H and O–H groups in total. The number of halogens is 2. The zero-order valence-electron chi connectivity index (χ0n) is 13.7. The number of nitrogens with one attached hydrogen (secondary N) is 1. The molecule has 0 aliphatic heterocycles. The number of carbonyl (C=O) groups is 2. The summed E-state index contributed by atoms with van der Waals surface area (Å²) in [6.45, 7) is -0.0249. The second kappa shape index (κ2) is 7.51. The van der Waals surface area contributed by atoms with E-state index in [0.717, 1.165) is 22.3 Å². The highest BCUT2D eigenvalue weighted by atomic mass is 19.3. The number of aliphatic carboxylic acids is 1. The lowest BCUT2D eigenvalue weighted by Crippen LogP contribution is -2.42. The van der Waals surface area contributed by atoms with E-state index in [0.29, 0.717) is 0 Å². The van der Waals surface area contributed by atoms with Crippen molar-refractivity contribution in [1.82, 2.24) is 5.32 Å². The molecule has 0 aromatic heterocycles. The fourth-order valence-electron chi connectivity index (χ4n) is 3.18. The van der Waals surface area contributed by atoms with Crippen molar-refractivity contribution in [2.45, 2.75) is 24.8 Å². The molecule has 0 bridgehead atoms. The summed E-state index contributed by atoms with van der Waals surface area (Å²) in [5.41, 5.74) is 4.09. The number of benzene rings is 2. The molecule has 5 nitrogen and oxygen atoms in total. The van der Waals surface area contributed by atoms with E-state index in [1.165, 1.54) is 0 Å². The van der Waals surface area contributed by atoms with Crippen LogP contribution in [0.5, 0.6) is 0 Å². The Bertz CT molecular complexity index is 779. The minimum absolute atomic E-state index is 0.0249. The van der Waals surface area contributed by atoms with Gasteiger partial charge >= 0.3 is 12.1 Å². The lowest BCUT2D eigenvalue weighted by Gasteiger charge is -2.18. The van der Waals surface area contributed by atoms with Crippen LogP contribution in [-0.4, -0.2) is 36.2 Å². The van der Waals surface area contributed by atoms with Crippen molar-refractivity contribution in [3.8, 4) is 11.1 Å². The number of alkyl carbamates (subject to hydrolysis) is 1. The summed E-state index contributed by atoms with van der Waals surface area (Å²) >= 11 is 0. The number of fused-ring (bicyclic) bond motifs is 3. The predicted molar refractivity (Wildman–Crippen MR) is 90.2 cm³/mol. The number of alkyl halides is 2. The average Bonchev–Trinajstić information content (AvgIpc) is 2.93. The zero-order valence-corrected chi connectivity index (χ0v) is 13.7. The van der Waals surface area contributed by atoms with Gasteiger partial charge in [-0.25, -0.2) is 13.6 Å². The third-order valence-electron chi connectivity index (χ3n) is 4.35. The monoisotopic (exact) mass is 361 g/mol. The fourth-order valence-corrected chi connectivity index (χ4v) is 3.18. The maximum atomic E-state index is 12.8. The molecule has 26 heavy (non-hydrogen) atoms. The average molecular weight is 361 g/mol. The van der Waals surface area contributed by atoms with Crippen LogP contribution >= 0.6 is 0 Å². The minimum Gasteiger partial charge on any atom is -0.481 e. The van der Waals surface area contributed by atoms with E-state index >= 15 is 0 Å². The Labute approximate surface area is 148 Å². The number of carboxylic acid groups (broad SMARTS) is 1. The molecular weight excluding hydrogens is 344 g/mol. The number of hydrogen-bond donors (Lipinski definition) is 2. The standard InChI is InChI=1S/C19H17F2NO4/c20-18(21)16(9-17(23)24)22-19(25)26-10-15-13-7-3-1-5-11(13)12-6-2-4-8-14(12)15/h1-8,15-16,18H,9-10H2,(H,22,25)(H,23,24). The number of ether oxygens (including phenoxy) is 1. The highest BCUT2D eigenvalue weighted by Crippen LogP contribution is 2.44. The molecule has 136 valence electrons. The van der Waals surface area contributed by atoms with Gasteiger partial charge in [-0.3, -0.25) is 4.79 Å². The zero-order chi connectivity index (χ0) is 18.7. The van der Waals surface area contributed by atoms with Crippen LogP contribution in [0.25, 0.3) is 11.1 Å². The van der Waals surface area contributed by atoms with Crippen LogP contribution in [-0.2, 0) is 9.53 Å². The van der Waals surface area contributed by atoms with Gasteiger partial charge in [0.05, 0.1) is 6.42 Å². The minimum atomic E-state index is -2.99. The van der Waals surface area contributed by atoms with Gasteiger partial charge in [0.25, 0.3) is 6.43 Å². The molecule has 2 aromatic carbocycles. The smallest absolute Gasteiger partial charge is 0.407 e. The molecule has 1 atom stereocenters. The molecule has 0 fully saturated rings. The maximum Gasteiger partial charge on any atom is 0.407 e. The third kappa shape index (κ3) is 3.66. The highest BCUT2D eigenvalue weighted by Gasteiger charge is 2.30. The van der Waals surface area contributed by atoms with E-state index in [4.69, 9.17) is 9.84 Å². The fraction of sp³-hybridized carbons (Fsp3) is 0.263. The first-order chi connectivity index (χ1) is 12.5. The van der Waals surface area contributed by atoms with Crippen LogP contribution in [0.1, 0.15) is 23.5 Å². The molecule has 0 saturated carbocycles. The van der Waals surface area contributed by atoms with Crippen LogP contribution in [0, 0.1) is 0 Å². The van der Waals surface area contributed by atoms with Crippen molar-refractivity contribution >= 4 is 12.1 Å². The SMILES string of the molecule is O=C(O)CC(NC(=O)OCC1c2ccccc2-c2ccccc21)C(F)F. The topological polar surface area (TPSA) is 75.6 Å². The van der Waals surface area contributed by atoms with Crippen molar-refractivity contribution in [3.05, 3.63) is 59.7 Å². The Morgan fingerprint density at radius 2 is 1.58 bits per heavy atom. The van der Waals surface area contributed by atoms with E-state index < -0.39 is 31.0 Å². The molecule has 0 radical (unpaired) electrons. The van der Waals surface area contributed by atoms with Gasteiger partial charge in [0.1, 0.15) is 12.6 Å². The van der Waals surface area contributed by atoms with E-state index in [9.17, 15) is 18.4 Å². The summed E-state index contributed by atoms with van der Waals surface area (Å²) in [6.07, 6.45) is -4.92. The summed E-state index contributed by atoms with van der Waals surface area (Å²) in [4.78, 5) is 22.5. The van der Waals surface area contributed by atoms with Crippen molar-refractivity contribution in [3.63, 3.8) is 0 Å². The summed E-state index contributed by atoms with van der Waals surface area (Å²) in [7, 11) is 0. The van der Waals surface area contributed by atoms with Crippen LogP contribution in [0.2, 0.25) is 0 Å². The first-order valence-corrected chi connectivity index (χ1v) is 8.09. The third-order valence-corrected chi connectivity index (χ3v) is 4.35. The Morgan fingerprint density at radius 3 is 2.08 bits per heavy atom. The summed E-state index contributed by atoms with van der Waals surface area (Å²) in [5.74, 6) is -1.62. The summed E-state index contributed by atoms with van der Waals surface area (Å²) < 4.78 is 30.8. The predicted octanol–water partition coefficient (Wildman–Crippen LogP) is 3.63. The van der Waals surface area contributed by atoms with Crippen molar-refractivity contribution in [1.29, 1.82) is 0 Å². The quantitative estimate of drug-likeness (QED) is 0.824. The van der Waals surface area contributed by atoms with Gasteiger partial charge in [-0.05, 0) is 22.3 Å². The normalized spacial score (nSPS) is 13.8. The second-order valence-electron chi connectivity index (χ2n) is 6.01. The number of carbonyl (C=O) groups excluding carboxylic acids is 1. The van der Waals surface area contributed by atoms with Crippen LogP contribution in [0.4, 0.5) is 13.6 Å². The van der Waals surface area contributed by atoms with Gasteiger partial charge in [0, 0.05) is 5.92 Å². The first kappa shape index (κ1) is 17.8. The second-order valence-corrected chi connectivity index (χ2v) is 6.01. The van der Waals surface area contributed by atoms with Crippen molar-refractivity contribution in [2.75, 3.05) is 6.61 Å². The number of rotatable bonds is 6. The Kier molecular flexibility index (Phi) is 5.16. The van der Waals surface area contributed by atoms with E-state index in [2.05, 4.69) is 0 Å². The van der Waals surface area contributed by atoms with E-state index in [1.54, 1.807) is 0 Å². The van der Waals surface area contributed by atoms with Crippen molar-refractivity contribution < 1.29 is 28.2 Å². The van der Waals surface area contributed by atoms with Gasteiger partial charge in [-0.1, -0.05) is 48.5 Å². The molecule has 1 aliphatic carbocycles. The van der Waals surface area contributed by atoms with Crippen LogP contribution in [0.3, 0.4) is 0 Å². The van der Waals surface area contributed by atoms with Gasteiger partial charge in [0.2, 0.25) is 0 Å². The summed E-state index contributed by atoms with van der Waals surface area (Å²) in [5, 5.41) is 10.6. The molecule has 0 spiro atoms. The van der Waals surface area contributed by atoms with Crippen LogP contribution in [0.15, 0.2) is 48.5 Å². The molecule has 2 aromatic rings. The van der Waals surface area contributed by atoms with Crippen molar-refractivity contribution in [2.24, 2.45) is 0 Å². The van der Waals surface area contributed by atoms with E-state index in [1.807, 2.05) is 53.8 Å². The van der Waals surface area contributed by atoms with Gasteiger partial charge in [0.15, 0.2) is 0 Å². The molecule has 0 heterocycles. The highest BCUT2D eigenvalue weighted by molar-refractivity contribution is 5.79. The number of carboxylic acids is 1. The largest absolute Gasteiger partial charge is 0.481 e. The molecular formula is C19H17F2NO4. The Morgan fingerprint density at radius 1 is 1.04 bits per heavy atom. The van der Waals surface area contributed by atoms with Crippen LogP contribution < -0.4 is 5.32 Å². The molecule has 0 saturated heterocycles. The first-order valence-electron chi connectivity index (χ1n) is 8.09. The number of hydrogen-bond acceptors (Lipinski definition) is 3. The molecule has 1 aliphatic rings. The Balaban J connectivity index is 1.70. The Hall–Kier alpha value is -2.96. The maximum absolute atomic E-state index is 12.8. The van der Waals surface area contributed by atoms with E-state index in [-0.39, 0.29) is 12.5 Å². The number of amides is 1. The summed E-state index contributed by atoms with van der Waals surface area (Å²) in [6, 6.07) is 13.7. The molecule has 1 amide bonds. The van der Waals surface area contributed by atoms with Gasteiger partial charge in [-0.15, -0.1) is 0 Å². The molecule has 1 unspecified atom stereocenters. The lowest BCUT2D eigenvalue weighted by molar-refractivity contribution is -0.138.